The number of halogens is 1. The molecule has 0 aromatic carbocycles. The zero-order valence-electron chi connectivity index (χ0n) is 3.83. The lowest BCUT2D eigenvalue weighted by molar-refractivity contribution is 2.10. The molecule has 0 amide bonds. The molecule has 0 radical (unpaired) electrons. The summed E-state index contributed by atoms with van der Waals surface area (Å²) in [6.07, 6.45) is 0. The first-order chi connectivity index (χ1) is 2.00. The summed E-state index contributed by atoms with van der Waals surface area (Å²) < 4.78 is 0. The zero-order valence-corrected chi connectivity index (χ0v) is 5.48. The van der Waals surface area contributed by atoms with E-state index in [-0.39, 0.29) is 0 Å². The van der Waals surface area contributed by atoms with Crippen LogP contribution in [0.25, 0.3) is 0 Å². The van der Waals surface area contributed by atoms with Gasteiger partial charge in [-0.2, -0.15) is 0 Å². The first-order valence-electron chi connectivity index (χ1n) is 1.51. The van der Waals surface area contributed by atoms with Crippen molar-refractivity contribution in [2.24, 2.45) is 0 Å². The maximum Gasteiger partial charge on any atom is 0.104 e. The highest BCUT2D eigenvalue weighted by atomic mass is 35.7. The van der Waals surface area contributed by atoms with E-state index in [1.165, 1.54) is 0 Å². The van der Waals surface area contributed by atoms with Gasteiger partial charge >= 0.3 is 0 Å². The fourth-order valence-corrected chi connectivity index (χ4v) is 0. The quantitative estimate of drug-likeness (QED) is 0.420. The predicted molar refractivity (Wildman–Crippen MR) is 30.5 cm³/mol. The highest BCUT2D eigenvalue weighted by Gasteiger charge is 2.09. The van der Waals surface area contributed by atoms with Gasteiger partial charge in [0.05, 0.1) is 31.2 Å². The Morgan fingerprint density at radius 1 is 1.20 bits per heavy atom. The molecule has 0 rings (SSSR count). The lowest BCUT2D eigenvalue weighted by atomic mass is 11.9. The second-order valence-corrected chi connectivity index (χ2v) is 8.59. The van der Waals surface area contributed by atoms with Gasteiger partial charge in [-0.05, 0) is 0 Å². The van der Waals surface area contributed by atoms with Gasteiger partial charge in [-0.25, -0.2) is 0 Å². The van der Waals surface area contributed by atoms with E-state index in [1.807, 2.05) is 0 Å². The van der Waals surface area contributed by atoms with Crippen LogP contribution in [0.5, 0.6) is 0 Å². The van der Waals surface area contributed by atoms with Gasteiger partial charge in [0, 0.05) is 0 Å². The average molecular weight is 112 g/mol. The zero-order chi connectivity index (χ0) is 4.50. The van der Waals surface area contributed by atoms with E-state index in [1.54, 1.807) is 0 Å². The number of hydrogen-bond donors (Lipinski definition) is 0. The van der Waals surface area contributed by atoms with Crippen LogP contribution in [0.1, 0.15) is 0 Å². The Kier molecular flexibility index (Phi) is 1.65. The van der Waals surface area contributed by atoms with Crippen molar-refractivity contribution in [2.75, 3.05) is 20.0 Å². The summed E-state index contributed by atoms with van der Waals surface area (Å²) in [5, 5.41) is 0. The molecule has 0 aliphatic rings. The van der Waals surface area contributed by atoms with Crippen LogP contribution in [0.15, 0.2) is 0 Å². The minimum absolute atomic E-state index is 0.917. The lowest BCUT2D eigenvalue weighted by Crippen LogP contribution is -1.64. The van der Waals surface area contributed by atoms with E-state index >= 15 is 0 Å². The molecule has 0 saturated heterocycles. The van der Waals surface area contributed by atoms with Crippen molar-refractivity contribution in [3.05, 3.63) is 0 Å². The van der Waals surface area contributed by atoms with Crippen LogP contribution in [0, 0.1) is 0 Å². The van der Waals surface area contributed by atoms with Gasteiger partial charge in [0.1, 0.15) is 6.62 Å². The maximum atomic E-state index is 5.64. The highest BCUT2D eigenvalue weighted by molar-refractivity contribution is 7.97. The van der Waals surface area contributed by atoms with Gasteiger partial charge in [0.25, 0.3) is 0 Å². The normalized spacial score (nSPS) is 12.0. The molecule has 0 spiro atoms. The third-order valence-corrected chi connectivity index (χ3v) is 0. The summed E-state index contributed by atoms with van der Waals surface area (Å²) in [6, 6.07) is 0. The van der Waals surface area contributed by atoms with Gasteiger partial charge in [0.2, 0.25) is 0 Å². The Morgan fingerprint density at radius 3 is 1.20 bits per heavy atom. The van der Waals surface area contributed by atoms with E-state index in [0.717, 1.165) is 0 Å². The van der Waals surface area contributed by atoms with Gasteiger partial charge in [0.15, 0.2) is 0 Å². The summed E-state index contributed by atoms with van der Waals surface area (Å²) in [5.41, 5.74) is 0. The molecule has 0 unspecified atom stereocenters. The van der Waals surface area contributed by atoms with E-state index in [2.05, 4.69) is 20.0 Å². The van der Waals surface area contributed by atoms with Crippen molar-refractivity contribution >= 4 is 17.9 Å². The Labute approximate surface area is 38.6 Å². The van der Waals surface area contributed by atoms with Crippen molar-refractivity contribution in [3.8, 4) is 0 Å². The molecule has 0 nitrogen and oxygen atoms in total. The summed E-state index contributed by atoms with van der Waals surface area (Å²) in [6.45, 7) is 5.28. The second-order valence-electron chi connectivity index (χ2n) is 1.85. The Morgan fingerprint density at radius 2 is 1.20 bits per heavy atom. The number of hydrogen-bond acceptors (Lipinski definition) is 0. The molecule has 32 valence electrons. The molecule has 0 aromatic rings. The van der Waals surface area contributed by atoms with Crippen LogP contribution >= 0.6 is 17.9 Å². The molecular weight excluding hydrogens is 102 g/mol. The third kappa shape index (κ3) is 67.4. The van der Waals surface area contributed by atoms with E-state index in [9.17, 15) is 0 Å². The van der Waals surface area contributed by atoms with Crippen molar-refractivity contribution in [1.82, 2.24) is 0 Å². The minimum Gasteiger partial charge on any atom is 0.0643 e. The van der Waals surface area contributed by atoms with Gasteiger partial charge in [-0.15, -0.1) is 0 Å². The van der Waals surface area contributed by atoms with Crippen LogP contribution in [0.3, 0.4) is 0 Å². The molecule has 0 bridgehead atoms. The summed E-state index contributed by atoms with van der Waals surface area (Å²) in [7, 11) is 0. The van der Waals surface area contributed by atoms with E-state index in [0.29, 0.717) is 0 Å². The van der Waals surface area contributed by atoms with E-state index < -0.39 is 6.62 Å². The van der Waals surface area contributed by atoms with Crippen LogP contribution in [-0.2, 0) is 0 Å². The minimum atomic E-state index is -0.917. The highest BCUT2D eigenvalue weighted by Crippen LogP contribution is 2.51. The average Bonchev–Trinajstić information content (AvgIpc) is 0.722. The topological polar surface area (TPSA) is 0 Å². The molecule has 0 aliphatic heterocycles. The van der Waals surface area contributed by atoms with Crippen LogP contribution in [0.2, 0.25) is 0 Å². The molecule has 0 aromatic heterocycles. The summed E-state index contributed by atoms with van der Waals surface area (Å²) in [4.78, 5) is 0. The van der Waals surface area contributed by atoms with E-state index in [4.69, 9.17) is 11.2 Å². The molecule has 0 fully saturated rings. The first-order valence-corrected chi connectivity index (χ1v) is 5.55. The SMILES string of the molecule is C[P+](C)(C)Cl. The summed E-state index contributed by atoms with van der Waals surface area (Å²) >= 11 is 5.64. The van der Waals surface area contributed by atoms with Crippen LogP contribution in [-0.4, -0.2) is 20.0 Å². The predicted octanol–water partition coefficient (Wildman–Crippen LogP) is 2.05. The standard InChI is InChI=1S/C3H9ClP/c1-5(2,3)4/h1-3H3/q+1. The molecule has 2 heteroatoms. The molecular formula is C3H9ClP+. The van der Waals surface area contributed by atoms with Gasteiger partial charge in [-0.3, -0.25) is 0 Å². The largest absolute Gasteiger partial charge is 0.104 e. The number of rotatable bonds is 0. The monoisotopic (exact) mass is 111 g/mol. The molecule has 0 saturated carbocycles. The Balaban J connectivity index is 3.02. The Bertz CT molecular complexity index is 22.4. The second kappa shape index (κ2) is 1.45. The maximum absolute atomic E-state index is 5.64. The molecule has 0 atom stereocenters. The molecule has 0 aliphatic carbocycles. The fraction of sp³-hybridized carbons (Fsp3) is 1.00. The molecule has 0 heterocycles. The smallest absolute Gasteiger partial charge is 0.0643 e. The molecule has 5 heavy (non-hydrogen) atoms. The first kappa shape index (κ1) is 5.72. The summed E-state index contributed by atoms with van der Waals surface area (Å²) in [5.74, 6) is 0. The van der Waals surface area contributed by atoms with Crippen molar-refractivity contribution in [1.29, 1.82) is 0 Å². The third-order valence-electron chi connectivity index (χ3n) is 0. The Hall–Kier alpha value is 0.720. The molecule has 0 N–H and O–H groups in total. The van der Waals surface area contributed by atoms with Crippen LogP contribution in [0.4, 0.5) is 0 Å². The van der Waals surface area contributed by atoms with Gasteiger partial charge in [-0.1, -0.05) is 0 Å². The van der Waals surface area contributed by atoms with Gasteiger partial charge < -0.3 is 0 Å². The lowest BCUT2D eigenvalue weighted by Gasteiger charge is -1.91. The van der Waals surface area contributed by atoms with Crippen molar-refractivity contribution < 1.29 is 0 Å². The fourth-order valence-electron chi connectivity index (χ4n) is 0. The van der Waals surface area contributed by atoms with Crippen molar-refractivity contribution in [3.63, 3.8) is 0 Å². The van der Waals surface area contributed by atoms with Crippen molar-refractivity contribution in [2.45, 2.75) is 0 Å². The van der Waals surface area contributed by atoms with Crippen LogP contribution < -0.4 is 0 Å².